The van der Waals surface area contributed by atoms with E-state index in [1.54, 1.807) is 7.11 Å². The van der Waals surface area contributed by atoms with Gasteiger partial charge in [-0.25, -0.2) is 4.98 Å². The first-order chi connectivity index (χ1) is 12.2. The highest BCUT2D eigenvalue weighted by atomic mass is 16.5. The summed E-state index contributed by atoms with van der Waals surface area (Å²) in [5, 5.41) is 19.7. The first kappa shape index (κ1) is 18.2. The fraction of sp³-hybridized carbons (Fsp3) is 0.700. The second-order valence-electron chi connectivity index (χ2n) is 7.56. The van der Waals surface area contributed by atoms with Gasteiger partial charge in [-0.05, 0) is 63.0 Å². The number of aliphatic hydroxyl groups is 1. The van der Waals surface area contributed by atoms with E-state index in [4.69, 9.17) is 9.72 Å². The van der Waals surface area contributed by atoms with E-state index in [2.05, 4.69) is 17.0 Å². The normalized spacial score (nSPS) is 23.2. The van der Waals surface area contributed by atoms with Gasteiger partial charge >= 0.3 is 0 Å². The Morgan fingerprint density at radius 3 is 2.96 bits per heavy atom. The minimum absolute atomic E-state index is 0.110. The summed E-state index contributed by atoms with van der Waals surface area (Å²) < 4.78 is 5.18. The third-order valence-corrected chi connectivity index (χ3v) is 5.75. The molecular weight excluding hydrogens is 314 g/mol. The number of methoxy groups -OCH3 is 1. The molecule has 1 saturated heterocycles. The second kappa shape index (κ2) is 8.16. The van der Waals surface area contributed by atoms with Crippen LogP contribution < -0.4 is 4.90 Å². The Bertz CT molecular complexity index is 641. The summed E-state index contributed by atoms with van der Waals surface area (Å²) in [6.07, 6.45) is 8.37. The van der Waals surface area contributed by atoms with Crippen LogP contribution in [0.3, 0.4) is 0 Å². The maximum absolute atomic E-state index is 10.1. The quantitative estimate of drug-likeness (QED) is 0.804. The van der Waals surface area contributed by atoms with Gasteiger partial charge in [0.15, 0.2) is 0 Å². The summed E-state index contributed by atoms with van der Waals surface area (Å²) in [5.41, 5.74) is 2.99. The molecule has 1 aliphatic heterocycles. The maximum atomic E-state index is 10.1. The molecule has 2 aliphatic rings. The number of rotatable bonds is 6. The predicted octanol–water partition coefficient (Wildman–Crippen LogP) is 2.84. The molecule has 0 bridgehead atoms. The van der Waals surface area contributed by atoms with E-state index >= 15 is 0 Å². The van der Waals surface area contributed by atoms with Crippen LogP contribution in [0.15, 0.2) is 6.07 Å². The molecule has 2 heterocycles. The van der Waals surface area contributed by atoms with E-state index in [0.717, 1.165) is 64.0 Å². The highest BCUT2D eigenvalue weighted by molar-refractivity contribution is 5.57. The van der Waals surface area contributed by atoms with E-state index in [-0.39, 0.29) is 12.0 Å². The smallest absolute Gasteiger partial charge is 0.146 e. The molecule has 1 aliphatic carbocycles. The lowest BCUT2D eigenvalue weighted by Gasteiger charge is -2.43. The van der Waals surface area contributed by atoms with Crippen molar-refractivity contribution >= 4 is 5.82 Å². The predicted molar refractivity (Wildman–Crippen MR) is 97.7 cm³/mol. The molecule has 1 N–H and O–H groups in total. The van der Waals surface area contributed by atoms with Gasteiger partial charge in [-0.2, -0.15) is 5.26 Å². The number of pyridine rings is 1. The lowest BCUT2D eigenvalue weighted by Crippen LogP contribution is -2.46. The Balaban J connectivity index is 1.84. The topological polar surface area (TPSA) is 69.4 Å². The van der Waals surface area contributed by atoms with Crippen LogP contribution in [0.5, 0.6) is 0 Å². The number of piperidine rings is 1. The SMILES string of the molecule is COCCC[C@]1(CO)CCCN(c2nc3c(cc2C#N)CCCC3)C1. The number of fused-ring (bicyclic) bond motifs is 1. The number of anilines is 1. The van der Waals surface area contributed by atoms with E-state index in [1.165, 1.54) is 24.1 Å². The Labute approximate surface area is 150 Å². The summed E-state index contributed by atoms with van der Waals surface area (Å²) in [7, 11) is 1.72. The van der Waals surface area contributed by atoms with Crippen LogP contribution in [0.1, 0.15) is 55.3 Å². The molecule has 0 unspecified atom stereocenters. The van der Waals surface area contributed by atoms with Crippen molar-refractivity contribution in [3.05, 3.63) is 22.9 Å². The Kier molecular flexibility index (Phi) is 5.93. The Hall–Kier alpha value is -1.64. The molecule has 0 saturated carbocycles. The minimum Gasteiger partial charge on any atom is -0.396 e. The van der Waals surface area contributed by atoms with Crippen molar-refractivity contribution in [2.24, 2.45) is 5.41 Å². The molecule has 5 heteroatoms. The van der Waals surface area contributed by atoms with Gasteiger partial charge in [0, 0.05) is 37.9 Å². The Morgan fingerprint density at radius 2 is 2.20 bits per heavy atom. The zero-order chi connectivity index (χ0) is 17.7. The van der Waals surface area contributed by atoms with Crippen LogP contribution in [-0.2, 0) is 17.6 Å². The molecule has 0 radical (unpaired) electrons. The molecule has 0 amide bonds. The number of aryl methyl sites for hydroxylation is 2. The molecule has 1 atom stereocenters. The number of ether oxygens (including phenoxy) is 1. The first-order valence-corrected chi connectivity index (χ1v) is 9.49. The van der Waals surface area contributed by atoms with Gasteiger partial charge in [0.05, 0.1) is 12.2 Å². The molecule has 1 aromatic rings. The molecule has 1 fully saturated rings. The molecule has 136 valence electrons. The lowest BCUT2D eigenvalue weighted by molar-refractivity contribution is 0.0820. The fourth-order valence-electron chi connectivity index (χ4n) is 4.34. The molecule has 25 heavy (non-hydrogen) atoms. The van der Waals surface area contributed by atoms with Gasteiger partial charge < -0.3 is 14.7 Å². The van der Waals surface area contributed by atoms with Crippen molar-refractivity contribution in [3.63, 3.8) is 0 Å². The molecule has 1 aromatic heterocycles. The third kappa shape index (κ3) is 3.96. The van der Waals surface area contributed by atoms with Crippen molar-refractivity contribution in [2.75, 3.05) is 38.3 Å². The van der Waals surface area contributed by atoms with Crippen molar-refractivity contribution in [2.45, 2.75) is 51.4 Å². The van der Waals surface area contributed by atoms with Crippen LogP contribution in [0, 0.1) is 16.7 Å². The second-order valence-corrected chi connectivity index (χ2v) is 7.56. The van der Waals surface area contributed by atoms with E-state index in [9.17, 15) is 10.4 Å². The molecule has 3 rings (SSSR count). The largest absolute Gasteiger partial charge is 0.396 e. The number of aromatic nitrogens is 1. The summed E-state index contributed by atoms with van der Waals surface area (Å²) >= 11 is 0. The summed E-state index contributed by atoms with van der Waals surface area (Å²) in [6, 6.07) is 4.41. The van der Waals surface area contributed by atoms with Gasteiger partial charge in [0.1, 0.15) is 11.9 Å². The van der Waals surface area contributed by atoms with E-state index < -0.39 is 0 Å². The van der Waals surface area contributed by atoms with Gasteiger partial charge in [0.2, 0.25) is 0 Å². The highest BCUT2D eigenvalue weighted by Crippen LogP contribution is 2.37. The van der Waals surface area contributed by atoms with Gasteiger partial charge in [-0.3, -0.25) is 0 Å². The van der Waals surface area contributed by atoms with Crippen molar-refractivity contribution in [1.29, 1.82) is 5.26 Å². The monoisotopic (exact) mass is 343 g/mol. The van der Waals surface area contributed by atoms with E-state index in [1.807, 2.05) is 0 Å². The molecular formula is C20H29N3O2. The standard InChI is InChI=1S/C20H29N3O2/c1-25-11-5-9-20(15-24)8-4-10-23(14-20)19-17(13-21)12-16-6-2-3-7-18(16)22-19/h12,24H,2-11,14-15H2,1H3/t20-/m1/s1. The van der Waals surface area contributed by atoms with Crippen molar-refractivity contribution in [1.82, 2.24) is 4.98 Å². The van der Waals surface area contributed by atoms with Crippen molar-refractivity contribution < 1.29 is 9.84 Å². The third-order valence-electron chi connectivity index (χ3n) is 5.75. The highest BCUT2D eigenvalue weighted by Gasteiger charge is 2.36. The van der Waals surface area contributed by atoms with Crippen LogP contribution in [0.2, 0.25) is 0 Å². The molecule has 0 spiro atoms. The summed E-state index contributed by atoms with van der Waals surface area (Å²) in [5.74, 6) is 0.826. The molecule has 5 nitrogen and oxygen atoms in total. The number of hydrogen-bond acceptors (Lipinski definition) is 5. The van der Waals surface area contributed by atoms with Gasteiger partial charge in [0.25, 0.3) is 0 Å². The van der Waals surface area contributed by atoms with Crippen LogP contribution >= 0.6 is 0 Å². The minimum atomic E-state index is -0.110. The summed E-state index contributed by atoms with van der Waals surface area (Å²) in [4.78, 5) is 7.14. The lowest BCUT2D eigenvalue weighted by atomic mass is 9.77. The maximum Gasteiger partial charge on any atom is 0.146 e. The zero-order valence-electron chi connectivity index (χ0n) is 15.3. The Morgan fingerprint density at radius 1 is 1.36 bits per heavy atom. The van der Waals surface area contributed by atoms with Gasteiger partial charge in [-0.15, -0.1) is 0 Å². The number of nitriles is 1. The average Bonchev–Trinajstić information content (AvgIpc) is 2.67. The van der Waals surface area contributed by atoms with Crippen LogP contribution in [-0.4, -0.2) is 43.5 Å². The van der Waals surface area contributed by atoms with Gasteiger partial charge in [-0.1, -0.05) is 0 Å². The molecule has 0 aromatic carbocycles. The number of aliphatic hydroxyl groups excluding tert-OH is 1. The average molecular weight is 343 g/mol. The van der Waals surface area contributed by atoms with Crippen LogP contribution in [0.25, 0.3) is 0 Å². The first-order valence-electron chi connectivity index (χ1n) is 9.49. The number of nitrogens with zero attached hydrogens (tertiary/aromatic N) is 3. The fourth-order valence-corrected chi connectivity index (χ4v) is 4.34. The van der Waals surface area contributed by atoms with Crippen molar-refractivity contribution in [3.8, 4) is 6.07 Å². The number of hydrogen-bond donors (Lipinski definition) is 1. The summed E-state index contributed by atoms with van der Waals surface area (Å²) in [6.45, 7) is 2.59. The zero-order valence-corrected chi connectivity index (χ0v) is 15.3. The van der Waals surface area contributed by atoms with Crippen LogP contribution in [0.4, 0.5) is 5.82 Å². The van der Waals surface area contributed by atoms with E-state index in [0.29, 0.717) is 5.56 Å².